The van der Waals surface area contributed by atoms with Crippen molar-refractivity contribution < 1.29 is 4.42 Å². The number of benzene rings is 2. The molecule has 25 heavy (non-hydrogen) atoms. The molecule has 2 aromatic carbocycles. The van der Waals surface area contributed by atoms with Crippen LogP contribution in [-0.4, -0.2) is 9.55 Å². The van der Waals surface area contributed by atoms with E-state index in [1.54, 1.807) is 6.26 Å². The Morgan fingerprint density at radius 2 is 1.88 bits per heavy atom. The first kappa shape index (κ1) is 13.1. The van der Waals surface area contributed by atoms with E-state index >= 15 is 0 Å². The second kappa shape index (κ2) is 4.42. The fraction of sp³-hybridized carbons (Fsp3) is 0.0952. The molecule has 0 amide bonds. The van der Waals surface area contributed by atoms with E-state index < -0.39 is 0 Å². The third kappa shape index (κ3) is 1.59. The summed E-state index contributed by atoms with van der Waals surface area (Å²) < 4.78 is 7.41. The number of nitrogens with one attached hydrogen (secondary N) is 1. The highest BCUT2D eigenvalue weighted by Gasteiger charge is 2.23. The molecular formula is C21H14N2O2. The van der Waals surface area contributed by atoms with Crippen LogP contribution in [0.4, 0.5) is 0 Å². The van der Waals surface area contributed by atoms with Crippen LogP contribution in [0.15, 0.2) is 64.0 Å². The third-order valence-electron chi connectivity index (χ3n) is 5.38. The molecule has 4 nitrogen and oxygen atoms in total. The molecule has 3 aromatic heterocycles. The number of furan rings is 1. The monoisotopic (exact) mass is 326 g/mol. The molecule has 5 aromatic rings. The Hall–Kier alpha value is -3.27. The van der Waals surface area contributed by atoms with E-state index in [0.717, 1.165) is 45.1 Å². The zero-order valence-corrected chi connectivity index (χ0v) is 13.4. The molecule has 4 heteroatoms. The van der Waals surface area contributed by atoms with Gasteiger partial charge in [-0.3, -0.25) is 4.79 Å². The second-order valence-electron chi connectivity index (χ2n) is 6.62. The minimum absolute atomic E-state index is 0.0694. The van der Waals surface area contributed by atoms with Crippen LogP contribution in [0.3, 0.4) is 0 Å². The van der Waals surface area contributed by atoms with Gasteiger partial charge in [-0.05, 0) is 42.3 Å². The highest BCUT2D eigenvalue weighted by Crippen LogP contribution is 2.36. The molecule has 0 spiro atoms. The Labute approximate surface area is 142 Å². The SMILES string of the molecule is O=c1c2ccc3occc3c2cc2n1CCc1c-2[nH]c2ccccc12. The normalized spacial score (nSPS) is 13.4. The summed E-state index contributed by atoms with van der Waals surface area (Å²) in [5, 5.41) is 3.94. The average Bonchev–Trinajstić information content (AvgIpc) is 3.26. The lowest BCUT2D eigenvalue weighted by atomic mass is 9.99. The van der Waals surface area contributed by atoms with Crippen LogP contribution < -0.4 is 5.56 Å². The number of aryl methyl sites for hydroxylation is 1. The molecule has 120 valence electrons. The van der Waals surface area contributed by atoms with Crippen molar-refractivity contribution in [2.24, 2.45) is 0 Å². The lowest BCUT2D eigenvalue weighted by Gasteiger charge is -2.20. The van der Waals surface area contributed by atoms with Crippen LogP contribution >= 0.6 is 0 Å². The fourth-order valence-electron chi connectivity index (χ4n) is 4.21. The Morgan fingerprint density at radius 1 is 0.960 bits per heavy atom. The Bertz CT molecular complexity index is 1370. The number of hydrogen-bond donors (Lipinski definition) is 1. The molecule has 0 fully saturated rings. The third-order valence-corrected chi connectivity index (χ3v) is 5.38. The summed E-state index contributed by atoms with van der Waals surface area (Å²) in [6.45, 7) is 0.711. The molecule has 1 aliphatic rings. The van der Waals surface area contributed by atoms with Gasteiger partial charge in [-0.2, -0.15) is 0 Å². The van der Waals surface area contributed by atoms with Gasteiger partial charge in [0.25, 0.3) is 5.56 Å². The van der Waals surface area contributed by atoms with Crippen LogP contribution in [0.2, 0.25) is 0 Å². The second-order valence-corrected chi connectivity index (χ2v) is 6.62. The first-order chi connectivity index (χ1) is 12.3. The number of rotatable bonds is 0. The first-order valence-corrected chi connectivity index (χ1v) is 8.45. The molecule has 4 heterocycles. The van der Waals surface area contributed by atoms with Gasteiger partial charge in [-0.1, -0.05) is 18.2 Å². The van der Waals surface area contributed by atoms with Gasteiger partial charge in [-0.25, -0.2) is 0 Å². The molecule has 0 unspecified atom stereocenters. The van der Waals surface area contributed by atoms with Crippen molar-refractivity contribution >= 4 is 32.6 Å². The van der Waals surface area contributed by atoms with Crippen molar-refractivity contribution in [3.05, 3.63) is 70.7 Å². The first-order valence-electron chi connectivity index (χ1n) is 8.45. The molecule has 0 saturated carbocycles. The topological polar surface area (TPSA) is 50.9 Å². The van der Waals surface area contributed by atoms with Crippen LogP contribution in [-0.2, 0) is 13.0 Å². The number of fused-ring (bicyclic) bond motifs is 8. The van der Waals surface area contributed by atoms with Crippen LogP contribution in [0.25, 0.3) is 44.0 Å². The maximum absolute atomic E-state index is 13.1. The molecule has 0 atom stereocenters. The predicted octanol–water partition coefficient (Wildman–Crippen LogP) is 4.45. The summed E-state index contributed by atoms with van der Waals surface area (Å²) in [6, 6.07) is 16.1. The van der Waals surface area contributed by atoms with Crippen molar-refractivity contribution in [1.82, 2.24) is 9.55 Å². The van der Waals surface area contributed by atoms with E-state index in [1.807, 2.05) is 28.8 Å². The van der Waals surface area contributed by atoms with Crippen molar-refractivity contribution in [2.45, 2.75) is 13.0 Å². The van der Waals surface area contributed by atoms with Crippen molar-refractivity contribution in [3.63, 3.8) is 0 Å². The Kier molecular flexibility index (Phi) is 2.31. The molecule has 0 saturated heterocycles. The quantitative estimate of drug-likeness (QED) is 0.457. The van der Waals surface area contributed by atoms with Gasteiger partial charge in [-0.15, -0.1) is 0 Å². The van der Waals surface area contributed by atoms with Gasteiger partial charge in [0.15, 0.2) is 0 Å². The summed E-state index contributed by atoms with van der Waals surface area (Å²) in [5.41, 5.74) is 5.32. The lowest BCUT2D eigenvalue weighted by Crippen LogP contribution is -2.26. The highest BCUT2D eigenvalue weighted by molar-refractivity contribution is 6.07. The summed E-state index contributed by atoms with van der Waals surface area (Å²) in [7, 11) is 0. The van der Waals surface area contributed by atoms with Crippen LogP contribution in [0.1, 0.15) is 5.56 Å². The van der Waals surface area contributed by atoms with Gasteiger partial charge in [0, 0.05) is 33.6 Å². The van der Waals surface area contributed by atoms with E-state index in [2.05, 4.69) is 29.2 Å². The van der Waals surface area contributed by atoms with Gasteiger partial charge >= 0.3 is 0 Å². The highest BCUT2D eigenvalue weighted by atomic mass is 16.3. The summed E-state index contributed by atoms with van der Waals surface area (Å²) in [6.07, 6.45) is 2.54. The Balaban J connectivity index is 1.79. The number of aromatic amines is 1. The van der Waals surface area contributed by atoms with E-state index in [9.17, 15) is 4.79 Å². The van der Waals surface area contributed by atoms with E-state index in [0.29, 0.717) is 6.54 Å². The number of nitrogens with zero attached hydrogens (tertiary/aromatic N) is 1. The van der Waals surface area contributed by atoms with E-state index in [-0.39, 0.29) is 5.56 Å². The minimum Gasteiger partial charge on any atom is -0.464 e. The molecule has 0 aliphatic carbocycles. The molecular weight excluding hydrogens is 312 g/mol. The largest absolute Gasteiger partial charge is 0.464 e. The number of hydrogen-bond acceptors (Lipinski definition) is 2. The number of pyridine rings is 1. The van der Waals surface area contributed by atoms with Crippen molar-refractivity contribution in [1.29, 1.82) is 0 Å². The molecule has 0 bridgehead atoms. The fourth-order valence-corrected chi connectivity index (χ4v) is 4.21. The average molecular weight is 326 g/mol. The smallest absolute Gasteiger partial charge is 0.258 e. The van der Waals surface area contributed by atoms with Crippen molar-refractivity contribution in [3.8, 4) is 11.4 Å². The molecule has 1 N–H and O–H groups in total. The predicted molar refractivity (Wildman–Crippen MR) is 99.0 cm³/mol. The summed E-state index contributed by atoms with van der Waals surface area (Å²) in [4.78, 5) is 16.6. The minimum atomic E-state index is 0.0694. The van der Waals surface area contributed by atoms with Gasteiger partial charge in [0.05, 0.1) is 17.7 Å². The number of aromatic nitrogens is 2. The molecule has 1 aliphatic heterocycles. The maximum Gasteiger partial charge on any atom is 0.258 e. The molecule has 0 radical (unpaired) electrons. The number of H-pyrrole nitrogens is 1. The summed E-state index contributed by atoms with van der Waals surface area (Å²) in [5.74, 6) is 0. The van der Waals surface area contributed by atoms with Gasteiger partial charge in [0.1, 0.15) is 5.58 Å². The van der Waals surface area contributed by atoms with Crippen LogP contribution in [0.5, 0.6) is 0 Å². The standard InChI is InChI=1S/C21H14N2O2/c24-21-15-5-6-19-13(8-10-25-19)16(15)11-18-20-14(7-9-23(18)21)12-3-1-2-4-17(12)22-20/h1-6,8,10-11,22H,7,9H2. The van der Waals surface area contributed by atoms with Crippen molar-refractivity contribution in [2.75, 3.05) is 0 Å². The zero-order chi connectivity index (χ0) is 16.5. The molecule has 6 rings (SSSR count). The zero-order valence-electron chi connectivity index (χ0n) is 13.4. The maximum atomic E-state index is 13.1. The van der Waals surface area contributed by atoms with Crippen LogP contribution in [0, 0.1) is 0 Å². The van der Waals surface area contributed by atoms with E-state index in [4.69, 9.17) is 4.42 Å². The lowest BCUT2D eigenvalue weighted by molar-refractivity contribution is 0.616. The van der Waals surface area contributed by atoms with Gasteiger partial charge in [0.2, 0.25) is 0 Å². The van der Waals surface area contributed by atoms with E-state index in [1.165, 1.54) is 10.9 Å². The van der Waals surface area contributed by atoms with Gasteiger partial charge < -0.3 is 14.0 Å². The number of para-hydroxylation sites is 1. The summed E-state index contributed by atoms with van der Waals surface area (Å²) >= 11 is 0. The Morgan fingerprint density at radius 3 is 2.84 bits per heavy atom.